The Bertz CT molecular complexity index is 1370. The van der Waals surface area contributed by atoms with Gasteiger partial charge in [0.15, 0.2) is 5.65 Å². The maximum absolute atomic E-state index is 12.9. The first-order valence-electron chi connectivity index (χ1n) is 9.70. The maximum atomic E-state index is 12.9. The number of carbonyl (C=O) groups is 2. The number of rotatable bonds is 4. The summed E-state index contributed by atoms with van der Waals surface area (Å²) in [5.41, 5.74) is 2.47. The van der Waals surface area contributed by atoms with Crippen LogP contribution in [-0.2, 0) is 11.8 Å². The van der Waals surface area contributed by atoms with Crippen LogP contribution in [0.3, 0.4) is 0 Å². The first-order valence-corrected chi connectivity index (χ1v) is 10.6. The van der Waals surface area contributed by atoms with Crippen molar-refractivity contribution >= 4 is 44.5 Å². The van der Waals surface area contributed by atoms with E-state index in [1.807, 2.05) is 18.5 Å². The Hall–Kier alpha value is -3.78. The number of aromatic amines is 1. The van der Waals surface area contributed by atoms with Crippen LogP contribution in [0.1, 0.15) is 17.3 Å². The molecule has 1 fully saturated rings. The second-order valence-electron chi connectivity index (χ2n) is 7.53. The van der Waals surface area contributed by atoms with Gasteiger partial charge >= 0.3 is 0 Å². The van der Waals surface area contributed by atoms with Crippen molar-refractivity contribution in [3.8, 4) is 17.5 Å². The largest absolute Gasteiger partial charge is 0.344 e. The summed E-state index contributed by atoms with van der Waals surface area (Å²) in [4.78, 5) is 39.9. The molecule has 4 aromatic heterocycles. The standard InChI is InChI=1S/C20H18N8O2S/c1-10(19(30)28-8-11(5-21)9-28)24-18(29)13-6-22-17-16(13)25-14(7-23-17)15-12-3-4-31-20(12)27(2)26-15/h3-4,6-7,10-11H,8-9H2,1-2H3,(H,22,23)(H,24,29)/t10-/m1/s1. The number of fused-ring (bicyclic) bond motifs is 2. The van der Waals surface area contributed by atoms with E-state index in [0.29, 0.717) is 41.2 Å². The lowest BCUT2D eigenvalue weighted by molar-refractivity contribution is -0.137. The third-order valence-electron chi connectivity index (χ3n) is 5.41. The predicted molar refractivity (Wildman–Crippen MR) is 114 cm³/mol. The molecule has 2 N–H and O–H groups in total. The Morgan fingerprint density at radius 2 is 2.23 bits per heavy atom. The Labute approximate surface area is 180 Å². The summed E-state index contributed by atoms with van der Waals surface area (Å²) in [5.74, 6) is -0.757. The number of H-pyrrole nitrogens is 1. The van der Waals surface area contributed by atoms with E-state index in [1.54, 1.807) is 34.0 Å². The van der Waals surface area contributed by atoms with Gasteiger partial charge in [-0.2, -0.15) is 10.4 Å². The predicted octanol–water partition coefficient (Wildman–Crippen LogP) is 1.67. The van der Waals surface area contributed by atoms with Crippen molar-refractivity contribution in [2.45, 2.75) is 13.0 Å². The zero-order valence-corrected chi connectivity index (χ0v) is 17.6. The topological polar surface area (TPSA) is 133 Å². The molecular formula is C20H18N8O2S. The number of hydrogen-bond acceptors (Lipinski definition) is 7. The Morgan fingerprint density at radius 3 is 3.00 bits per heavy atom. The molecule has 0 aliphatic carbocycles. The van der Waals surface area contributed by atoms with Crippen molar-refractivity contribution in [2.75, 3.05) is 13.1 Å². The molecule has 1 aliphatic rings. The molecule has 2 amide bonds. The number of aryl methyl sites for hydroxylation is 1. The molecule has 1 aliphatic heterocycles. The quantitative estimate of drug-likeness (QED) is 0.502. The lowest BCUT2D eigenvalue weighted by Crippen LogP contribution is -2.55. The van der Waals surface area contributed by atoms with Gasteiger partial charge in [-0.05, 0) is 18.4 Å². The Kier molecular flexibility index (Phi) is 4.44. The summed E-state index contributed by atoms with van der Waals surface area (Å²) < 4.78 is 1.80. The number of nitriles is 1. The fourth-order valence-corrected chi connectivity index (χ4v) is 4.52. The highest BCUT2D eigenvalue weighted by atomic mass is 32.1. The van der Waals surface area contributed by atoms with Gasteiger partial charge in [-0.3, -0.25) is 14.3 Å². The SMILES string of the molecule is C[C@@H](NC(=O)c1c[nH]c2ncc(-c3nn(C)c4sccc34)nc12)C(=O)N1CC(C#N)C1. The van der Waals surface area contributed by atoms with E-state index in [0.717, 1.165) is 10.2 Å². The van der Waals surface area contributed by atoms with Crippen molar-refractivity contribution in [3.63, 3.8) is 0 Å². The van der Waals surface area contributed by atoms with Crippen LogP contribution in [0.5, 0.6) is 0 Å². The number of hydrogen-bond donors (Lipinski definition) is 2. The molecule has 5 heterocycles. The summed E-state index contributed by atoms with van der Waals surface area (Å²) in [5, 5.41) is 19.1. The Balaban J connectivity index is 1.41. The van der Waals surface area contributed by atoms with Crippen molar-refractivity contribution in [3.05, 3.63) is 29.4 Å². The molecule has 10 nitrogen and oxygen atoms in total. The van der Waals surface area contributed by atoms with Crippen LogP contribution in [0.15, 0.2) is 23.8 Å². The van der Waals surface area contributed by atoms with Crippen molar-refractivity contribution in [2.24, 2.45) is 13.0 Å². The van der Waals surface area contributed by atoms with Crippen LogP contribution >= 0.6 is 11.3 Å². The molecule has 0 aromatic carbocycles. The van der Waals surface area contributed by atoms with E-state index in [9.17, 15) is 9.59 Å². The minimum Gasteiger partial charge on any atom is -0.344 e. The minimum atomic E-state index is -0.713. The van der Waals surface area contributed by atoms with E-state index >= 15 is 0 Å². The van der Waals surface area contributed by atoms with E-state index in [2.05, 4.69) is 31.4 Å². The number of likely N-dealkylation sites (tertiary alicyclic amines) is 1. The second-order valence-corrected chi connectivity index (χ2v) is 8.43. The van der Waals surface area contributed by atoms with Crippen LogP contribution in [0.2, 0.25) is 0 Å². The van der Waals surface area contributed by atoms with Crippen molar-refractivity contribution in [1.82, 2.24) is 34.9 Å². The molecular weight excluding hydrogens is 416 g/mol. The van der Waals surface area contributed by atoms with Gasteiger partial charge in [0.2, 0.25) is 5.91 Å². The number of amides is 2. The van der Waals surface area contributed by atoms with Crippen molar-refractivity contribution < 1.29 is 9.59 Å². The number of carbonyl (C=O) groups excluding carboxylic acids is 2. The first kappa shape index (κ1) is 19.2. The molecule has 5 rings (SSSR count). The van der Waals surface area contributed by atoms with Crippen LogP contribution in [0, 0.1) is 17.2 Å². The third-order valence-corrected chi connectivity index (χ3v) is 6.39. The van der Waals surface area contributed by atoms with Crippen LogP contribution in [0.4, 0.5) is 0 Å². The molecule has 1 atom stereocenters. The fourth-order valence-electron chi connectivity index (χ4n) is 3.70. The third kappa shape index (κ3) is 3.12. The zero-order valence-electron chi connectivity index (χ0n) is 16.8. The summed E-state index contributed by atoms with van der Waals surface area (Å²) in [6.45, 7) is 2.43. The van der Waals surface area contributed by atoms with Gasteiger partial charge in [0.05, 0.1) is 23.7 Å². The van der Waals surface area contributed by atoms with Gasteiger partial charge in [-0.25, -0.2) is 9.97 Å². The van der Waals surface area contributed by atoms with Crippen molar-refractivity contribution in [1.29, 1.82) is 5.26 Å². The average Bonchev–Trinajstić information content (AvgIpc) is 3.43. The molecule has 0 saturated carbocycles. The summed E-state index contributed by atoms with van der Waals surface area (Å²) in [6, 6.07) is 3.40. The maximum Gasteiger partial charge on any atom is 0.255 e. The fraction of sp³-hybridized carbons (Fsp3) is 0.300. The molecule has 1 saturated heterocycles. The number of nitrogens with one attached hydrogen (secondary N) is 2. The van der Waals surface area contributed by atoms with Gasteiger partial charge in [0.1, 0.15) is 27.8 Å². The molecule has 0 unspecified atom stereocenters. The van der Waals surface area contributed by atoms with Gasteiger partial charge in [-0.1, -0.05) is 0 Å². The highest BCUT2D eigenvalue weighted by molar-refractivity contribution is 7.16. The number of aromatic nitrogens is 5. The first-order chi connectivity index (χ1) is 15.0. The Morgan fingerprint density at radius 1 is 1.42 bits per heavy atom. The van der Waals surface area contributed by atoms with Gasteiger partial charge in [-0.15, -0.1) is 11.3 Å². The summed E-state index contributed by atoms with van der Waals surface area (Å²) in [6.07, 6.45) is 3.16. The van der Waals surface area contributed by atoms with Crippen LogP contribution < -0.4 is 5.32 Å². The van der Waals surface area contributed by atoms with Crippen LogP contribution in [-0.4, -0.2) is 60.6 Å². The summed E-state index contributed by atoms with van der Waals surface area (Å²) in [7, 11) is 1.87. The lowest BCUT2D eigenvalue weighted by Gasteiger charge is -2.37. The smallest absolute Gasteiger partial charge is 0.255 e. The zero-order chi connectivity index (χ0) is 21.7. The van der Waals surface area contributed by atoms with Gasteiger partial charge in [0.25, 0.3) is 5.91 Å². The van der Waals surface area contributed by atoms with E-state index < -0.39 is 11.9 Å². The lowest BCUT2D eigenvalue weighted by atomic mass is 10.0. The highest BCUT2D eigenvalue weighted by Gasteiger charge is 2.33. The van der Waals surface area contributed by atoms with Gasteiger partial charge < -0.3 is 15.2 Å². The minimum absolute atomic E-state index is 0.129. The number of thiophene rings is 1. The van der Waals surface area contributed by atoms with E-state index in [1.165, 1.54) is 6.20 Å². The number of nitrogens with zero attached hydrogens (tertiary/aromatic N) is 6. The highest BCUT2D eigenvalue weighted by Crippen LogP contribution is 2.30. The van der Waals surface area contributed by atoms with Gasteiger partial charge in [0, 0.05) is 31.7 Å². The van der Waals surface area contributed by atoms with Crippen LogP contribution in [0.25, 0.3) is 32.8 Å². The monoisotopic (exact) mass is 434 g/mol. The molecule has 0 radical (unpaired) electrons. The second kappa shape index (κ2) is 7.17. The molecule has 0 spiro atoms. The van der Waals surface area contributed by atoms with E-state index in [4.69, 9.17) is 5.26 Å². The molecule has 0 bridgehead atoms. The molecule has 4 aromatic rings. The molecule has 156 valence electrons. The molecule has 31 heavy (non-hydrogen) atoms. The summed E-state index contributed by atoms with van der Waals surface area (Å²) >= 11 is 1.59. The average molecular weight is 434 g/mol. The molecule has 11 heteroatoms. The van der Waals surface area contributed by atoms with E-state index in [-0.39, 0.29) is 11.8 Å². The normalized spacial score (nSPS) is 15.1.